The summed E-state index contributed by atoms with van der Waals surface area (Å²) < 4.78 is 6.04. The van der Waals surface area contributed by atoms with Crippen molar-refractivity contribution in [2.24, 2.45) is 4.99 Å². The lowest BCUT2D eigenvalue weighted by atomic mass is 10.1. The second-order valence-electron chi connectivity index (χ2n) is 7.78. The van der Waals surface area contributed by atoms with Gasteiger partial charge in [-0.15, -0.1) is 24.0 Å². The van der Waals surface area contributed by atoms with Crippen LogP contribution in [0.4, 0.5) is 0 Å². The van der Waals surface area contributed by atoms with Crippen LogP contribution >= 0.6 is 24.0 Å². The van der Waals surface area contributed by atoms with E-state index in [4.69, 9.17) is 9.73 Å². The first-order valence-corrected chi connectivity index (χ1v) is 9.96. The minimum Gasteiger partial charge on any atom is -0.488 e. The molecule has 0 bridgehead atoms. The third-order valence-corrected chi connectivity index (χ3v) is 4.21. The van der Waals surface area contributed by atoms with E-state index in [0.29, 0.717) is 13.0 Å². The number of carbonyl (C=O) groups excluding carboxylic acids is 1. The minimum absolute atomic E-state index is 0. The lowest BCUT2D eigenvalue weighted by Crippen LogP contribution is -2.39. The van der Waals surface area contributed by atoms with Gasteiger partial charge in [0.15, 0.2) is 5.96 Å². The Kier molecular flexibility index (Phi) is 10.6. The number of hydrogen-bond acceptors (Lipinski definition) is 3. The number of para-hydroxylation sites is 1. The number of likely N-dealkylation sites (tertiary alicyclic amines) is 1. The number of nitrogens with one attached hydrogen (secondary N) is 2. The average molecular weight is 502 g/mol. The highest BCUT2D eigenvalue weighted by Gasteiger charge is 2.19. The maximum atomic E-state index is 11.7. The largest absolute Gasteiger partial charge is 0.488 e. The number of carbonyl (C=O) groups is 1. The van der Waals surface area contributed by atoms with E-state index in [1.165, 1.54) is 0 Å². The molecule has 1 amide bonds. The summed E-state index contributed by atoms with van der Waals surface area (Å²) in [4.78, 5) is 18.3. The van der Waals surface area contributed by atoms with Crippen LogP contribution in [0.15, 0.2) is 29.3 Å². The van der Waals surface area contributed by atoms with Crippen molar-refractivity contribution in [1.82, 2.24) is 15.5 Å². The van der Waals surface area contributed by atoms with Crippen molar-refractivity contribution in [3.63, 3.8) is 0 Å². The van der Waals surface area contributed by atoms with Crippen molar-refractivity contribution in [3.05, 3.63) is 29.8 Å². The van der Waals surface area contributed by atoms with Crippen LogP contribution in [0.25, 0.3) is 0 Å². The third kappa shape index (κ3) is 8.67. The molecule has 1 aliphatic heterocycles. The molecule has 0 atom stereocenters. The number of aliphatic imine (C=N–C) groups is 1. The van der Waals surface area contributed by atoms with Gasteiger partial charge >= 0.3 is 0 Å². The molecule has 0 radical (unpaired) electrons. The summed E-state index contributed by atoms with van der Waals surface area (Å²) in [5.74, 6) is 1.94. The Morgan fingerprint density at radius 3 is 2.64 bits per heavy atom. The van der Waals surface area contributed by atoms with E-state index in [1.54, 1.807) is 0 Å². The fourth-order valence-corrected chi connectivity index (χ4v) is 2.99. The van der Waals surface area contributed by atoms with E-state index in [-0.39, 0.29) is 35.5 Å². The number of guanidine groups is 1. The fraction of sp³-hybridized carbons (Fsp3) is 0.619. The van der Waals surface area contributed by atoms with E-state index < -0.39 is 0 Å². The third-order valence-electron chi connectivity index (χ3n) is 4.21. The summed E-state index contributed by atoms with van der Waals surface area (Å²) in [6.07, 6.45) is 2.61. The van der Waals surface area contributed by atoms with E-state index in [9.17, 15) is 4.79 Å². The zero-order valence-electron chi connectivity index (χ0n) is 17.6. The van der Waals surface area contributed by atoms with Crippen LogP contribution in [0.1, 0.15) is 52.5 Å². The van der Waals surface area contributed by atoms with Crippen molar-refractivity contribution >= 4 is 35.8 Å². The number of benzene rings is 1. The van der Waals surface area contributed by atoms with Crippen LogP contribution in [-0.4, -0.2) is 48.5 Å². The molecule has 0 spiro atoms. The Morgan fingerprint density at radius 1 is 1.25 bits per heavy atom. The minimum atomic E-state index is -0.241. The molecule has 0 aromatic heterocycles. The molecular weight excluding hydrogens is 467 g/mol. The lowest BCUT2D eigenvalue weighted by Gasteiger charge is -2.23. The van der Waals surface area contributed by atoms with Gasteiger partial charge in [0.25, 0.3) is 0 Å². The Morgan fingerprint density at radius 2 is 2.00 bits per heavy atom. The van der Waals surface area contributed by atoms with Crippen LogP contribution in [0.3, 0.4) is 0 Å². The number of ether oxygens (including phenoxy) is 1. The van der Waals surface area contributed by atoms with E-state index in [2.05, 4.69) is 17.6 Å². The van der Waals surface area contributed by atoms with Gasteiger partial charge in [-0.25, -0.2) is 4.99 Å². The number of halogens is 1. The maximum Gasteiger partial charge on any atom is 0.222 e. The number of amides is 1. The molecule has 1 heterocycles. The van der Waals surface area contributed by atoms with Crippen molar-refractivity contribution < 1.29 is 9.53 Å². The summed E-state index contributed by atoms with van der Waals surface area (Å²) in [5.41, 5.74) is 0.822. The summed E-state index contributed by atoms with van der Waals surface area (Å²) in [6, 6.07) is 8.03. The highest BCUT2D eigenvalue weighted by atomic mass is 127. The molecule has 0 saturated carbocycles. The lowest BCUT2D eigenvalue weighted by molar-refractivity contribution is -0.127. The molecule has 28 heavy (non-hydrogen) atoms. The van der Waals surface area contributed by atoms with Gasteiger partial charge in [-0.1, -0.05) is 18.2 Å². The van der Waals surface area contributed by atoms with Crippen LogP contribution < -0.4 is 15.4 Å². The molecule has 7 heteroatoms. The molecule has 158 valence electrons. The van der Waals surface area contributed by atoms with Gasteiger partial charge in [0, 0.05) is 38.2 Å². The normalized spacial score (nSPS) is 14.6. The molecule has 6 nitrogen and oxygen atoms in total. The summed E-state index contributed by atoms with van der Waals surface area (Å²) in [5, 5.41) is 6.63. The molecule has 1 aliphatic rings. The smallest absolute Gasteiger partial charge is 0.222 e. The van der Waals surface area contributed by atoms with Crippen molar-refractivity contribution in [1.29, 1.82) is 0 Å². The Balaban J connectivity index is 0.00000392. The van der Waals surface area contributed by atoms with Gasteiger partial charge in [0.2, 0.25) is 5.91 Å². The fourth-order valence-electron chi connectivity index (χ4n) is 2.99. The first-order valence-electron chi connectivity index (χ1n) is 9.96. The van der Waals surface area contributed by atoms with Gasteiger partial charge in [-0.3, -0.25) is 4.79 Å². The predicted molar refractivity (Wildman–Crippen MR) is 125 cm³/mol. The molecule has 1 fully saturated rings. The maximum absolute atomic E-state index is 11.7. The van der Waals surface area contributed by atoms with Crippen LogP contribution in [0.5, 0.6) is 5.75 Å². The average Bonchev–Trinajstić information content (AvgIpc) is 3.01. The predicted octanol–water partition coefficient (Wildman–Crippen LogP) is 3.55. The zero-order chi connectivity index (χ0) is 19.7. The monoisotopic (exact) mass is 502 g/mol. The molecule has 2 N–H and O–H groups in total. The zero-order valence-corrected chi connectivity index (χ0v) is 19.9. The number of rotatable bonds is 8. The van der Waals surface area contributed by atoms with Gasteiger partial charge in [-0.05, 0) is 46.6 Å². The van der Waals surface area contributed by atoms with Crippen LogP contribution in [0.2, 0.25) is 0 Å². The van der Waals surface area contributed by atoms with Gasteiger partial charge in [0.1, 0.15) is 11.4 Å². The highest BCUT2D eigenvalue weighted by Crippen LogP contribution is 2.23. The molecule has 1 saturated heterocycles. The molecular formula is C21H35IN4O2. The molecule has 1 aromatic carbocycles. The first-order chi connectivity index (χ1) is 12.9. The SMILES string of the molecule is CCNC(=NCc1ccccc1OC(C)(C)C)NCCCN1CCCC1=O.I. The van der Waals surface area contributed by atoms with E-state index in [1.807, 2.05) is 49.9 Å². The van der Waals surface area contributed by atoms with Gasteiger partial charge in [-0.2, -0.15) is 0 Å². The van der Waals surface area contributed by atoms with Crippen molar-refractivity contribution in [2.45, 2.75) is 59.1 Å². The molecule has 0 aliphatic carbocycles. The van der Waals surface area contributed by atoms with Gasteiger partial charge in [0.05, 0.1) is 6.54 Å². The van der Waals surface area contributed by atoms with Crippen molar-refractivity contribution in [3.8, 4) is 5.75 Å². The van der Waals surface area contributed by atoms with Gasteiger partial charge < -0.3 is 20.3 Å². The molecule has 2 rings (SSSR count). The summed E-state index contributed by atoms with van der Waals surface area (Å²) in [7, 11) is 0. The Labute approximate surface area is 186 Å². The van der Waals surface area contributed by atoms with Crippen molar-refractivity contribution in [2.75, 3.05) is 26.2 Å². The van der Waals surface area contributed by atoms with E-state index in [0.717, 1.165) is 56.3 Å². The Bertz CT molecular complexity index is 644. The molecule has 0 unspecified atom stereocenters. The Hall–Kier alpha value is -1.51. The van der Waals surface area contributed by atoms with Crippen LogP contribution in [0, 0.1) is 0 Å². The molecule has 1 aromatic rings. The summed E-state index contributed by atoms with van der Waals surface area (Å²) in [6.45, 7) is 12.0. The number of hydrogen-bond donors (Lipinski definition) is 2. The second-order valence-corrected chi connectivity index (χ2v) is 7.78. The summed E-state index contributed by atoms with van der Waals surface area (Å²) >= 11 is 0. The van der Waals surface area contributed by atoms with Crippen LogP contribution in [-0.2, 0) is 11.3 Å². The number of nitrogens with zero attached hydrogens (tertiary/aromatic N) is 2. The first kappa shape index (κ1) is 24.5. The highest BCUT2D eigenvalue weighted by molar-refractivity contribution is 14.0. The standard InChI is InChI=1S/C21H34N4O2.HI/c1-5-22-20(23-13-9-15-25-14-8-12-19(25)26)24-16-17-10-6-7-11-18(17)27-21(2,3)4;/h6-7,10-11H,5,8-9,12-16H2,1-4H3,(H2,22,23,24);1H. The second kappa shape index (κ2) is 12.1. The van der Waals surface area contributed by atoms with E-state index >= 15 is 0 Å². The quantitative estimate of drug-likeness (QED) is 0.247. The topological polar surface area (TPSA) is 66.0 Å².